The summed E-state index contributed by atoms with van der Waals surface area (Å²) in [4.78, 5) is 0. The molecule has 0 amide bonds. The van der Waals surface area contributed by atoms with Crippen molar-refractivity contribution in [2.24, 2.45) is 0 Å². The van der Waals surface area contributed by atoms with Crippen LogP contribution in [0.15, 0.2) is 29.6 Å². The number of benzene rings is 1. The molecule has 1 heterocycles. The first-order valence-electron chi connectivity index (χ1n) is 3.16. The molecule has 1 aromatic heterocycles. The molecule has 1 heteroatoms. The standard InChI is InChI=1S/C9H7S/c1-7-6-10-9-5-3-2-4-8(7)9/h2-6H,1H2. The zero-order chi connectivity index (χ0) is 6.97. The lowest BCUT2D eigenvalue weighted by Gasteiger charge is -1.86. The van der Waals surface area contributed by atoms with Crippen molar-refractivity contribution in [2.45, 2.75) is 0 Å². The zero-order valence-electron chi connectivity index (χ0n) is 5.50. The van der Waals surface area contributed by atoms with Gasteiger partial charge >= 0.3 is 0 Å². The number of fused-ring (bicyclic) bond motifs is 1. The molecule has 1 aromatic carbocycles. The molecule has 10 heavy (non-hydrogen) atoms. The average Bonchev–Trinajstić information content (AvgIpc) is 2.34. The Hall–Kier alpha value is -0.820. The Labute approximate surface area is 64.1 Å². The van der Waals surface area contributed by atoms with Crippen molar-refractivity contribution in [2.75, 3.05) is 0 Å². The second kappa shape index (κ2) is 2.10. The number of hydrogen-bond acceptors (Lipinski definition) is 1. The van der Waals surface area contributed by atoms with E-state index in [1.165, 1.54) is 10.1 Å². The highest BCUT2D eigenvalue weighted by Crippen LogP contribution is 2.24. The lowest BCUT2D eigenvalue weighted by Crippen LogP contribution is -1.63. The minimum Gasteiger partial charge on any atom is -0.144 e. The first kappa shape index (κ1) is 5.93. The minimum absolute atomic E-state index is 1.14. The van der Waals surface area contributed by atoms with Crippen molar-refractivity contribution >= 4 is 21.4 Å². The Bertz CT molecular complexity index is 346. The monoisotopic (exact) mass is 147 g/mol. The van der Waals surface area contributed by atoms with Crippen molar-refractivity contribution in [3.05, 3.63) is 42.1 Å². The van der Waals surface area contributed by atoms with E-state index in [4.69, 9.17) is 0 Å². The summed E-state index contributed by atoms with van der Waals surface area (Å²) in [5.41, 5.74) is 1.14. The Kier molecular flexibility index (Phi) is 1.24. The summed E-state index contributed by atoms with van der Waals surface area (Å²) in [6.45, 7) is 3.92. The molecule has 0 nitrogen and oxygen atoms in total. The molecule has 2 rings (SSSR count). The van der Waals surface area contributed by atoms with Crippen molar-refractivity contribution in [1.29, 1.82) is 0 Å². The molecule has 1 radical (unpaired) electrons. The van der Waals surface area contributed by atoms with Gasteiger partial charge in [0.2, 0.25) is 0 Å². The van der Waals surface area contributed by atoms with Crippen molar-refractivity contribution in [3.8, 4) is 0 Å². The van der Waals surface area contributed by atoms with Crippen LogP contribution in [-0.4, -0.2) is 0 Å². The van der Waals surface area contributed by atoms with Crippen LogP contribution >= 0.6 is 11.3 Å². The molecule has 49 valence electrons. The van der Waals surface area contributed by atoms with Crippen LogP contribution in [0.5, 0.6) is 0 Å². The maximum absolute atomic E-state index is 3.92. The molecule has 0 atom stereocenters. The largest absolute Gasteiger partial charge is 0.144 e. The van der Waals surface area contributed by atoms with Crippen LogP contribution in [-0.2, 0) is 0 Å². The van der Waals surface area contributed by atoms with Crippen LogP contribution in [0.3, 0.4) is 0 Å². The van der Waals surface area contributed by atoms with Gasteiger partial charge in [-0.15, -0.1) is 11.3 Å². The third kappa shape index (κ3) is 0.745. The van der Waals surface area contributed by atoms with Crippen LogP contribution in [0, 0.1) is 6.92 Å². The van der Waals surface area contributed by atoms with Gasteiger partial charge in [-0.2, -0.15) is 0 Å². The summed E-state index contributed by atoms with van der Waals surface area (Å²) < 4.78 is 1.33. The van der Waals surface area contributed by atoms with Gasteiger partial charge < -0.3 is 0 Å². The van der Waals surface area contributed by atoms with Crippen LogP contribution in [0.1, 0.15) is 5.56 Å². The predicted molar refractivity (Wildman–Crippen MR) is 46.3 cm³/mol. The fourth-order valence-electron chi connectivity index (χ4n) is 1.03. The molecule has 0 aliphatic heterocycles. The lowest BCUT2D eigenvalue weighted by molar-refractivity contribution is 1.80. The normalized spacial score (nSPS) is 10.5. The SMILES string of the molecule is [CH2]c1csc2ccccc12. The van der Waals surface area contributed by atoms with Crippen molar-refractivity contribution in [1.82, 2.24) is 0 Å². The fraction of sp³-hybridized carbons (Fsp3) is 0. The van der Waals surface area contributed by atoms with Gasteiger partial charge in [0, 0.05) is 4.70 Å². The quantitative estimate of drug-likeness (QED) is 0.537. The highest BCUT2D eigenvalue weighted by Gasteiger charge is 1.95. The summed E-state index contributed by atoms with van der Waals surface area (Å²) in [5.74, 6) is 0. The van der Waals surface area contributed by atoms with Gasteiger partial charge in [0.25, 0.3) is 0 Å². The molecule has 0 unspecified atom stereocenters. The molecule has 0 saturated carbocycles. The molecule has 0 saturated heterocycles. The number of hydrogen-bond donors (Lipinski definition) is 0. The minimum atomic E-state index is 1.14. The first-order valence-corrected chi connectivity index (χ1v) is 4.04. The van der Waals surface area contributed by atoms with Gasteiger partial charge in [-0.05, 0) is 29.3 Å². The average molecular weight is 147 g/mol. The second-order valence-corrected chi connectivity index (χ2v) is 3.17. The molecule has 0 fully saturated rings. The molecular formula is C9H7S. The fourth-order valence-corrected chi connectivity index (χ4v) is 1.91. The van der Waals surface area contributed by atoms with Crippen LogP contribution in [0.4, 0.5) is 0 Å². The highest BCUT2D eigenvalue weighted by atomic mass is 32.1. The van der Waals surface area contributed by atoms with Gasteiger partial charge in [-0.3, -0.25) is 0 Å². The predicted octanol–water partition coefficient (Wildman–Crippen LogP) is 3.08. The van der Waals surface area contributed by atoms with E-state index in [1.54, 1.807) is 11.3 Å². The molecule has 2 aromatic rings. The topological polar surface area (TPSA) is 0 Å². The van der Waals surface area contributed by atoms with Gasteiger partial charge in [-0.1, -0.05) is 18.2 Å². The van der Waals surface area contributed by atoms with Gasteiger partial charge in [0.15, 0.2) is 0 Å². The Balaban J connectivity index is 2.93. The van der Waals surface area contributed by atoms with Crippen LogP contribution in [0.25, 0.3) is 10.1 Å². The second-order valence-electron chi connectivity index (χ2n) is 2.26. The van der Waals surface area contributed by atoms with E-state index in [2.05, 4.69) is 30.5 Å². The van der Waals surface area contributed by atoms with Gasteiger partial charge in [0.1, 0.15) is 0 Å². The summed E-state index contributed by atoms with van der Waals surface area (Å²) in [5, 5.41) is 3.37. The summed E-state index contributed by atoms with van der Waals surface area (Å²) in [6, 6.07) is 8.32. The summed E-state index contributed by atoms with van der Waals surface area (Å²) in [7, 11) is 0. The third-order valence-corrected chi connectivity index (χ3v) is 2.57. The third-order valence-electron chi connectivity index (χ3n) is 1.56. The number of thiophene rings is 1. The molecule has 0 bridgehead atoms. The number of rotatable bonds is 0. The summed E-state index contributed by atoms with van der Waals surface area (Å²) >= 11 is 1.75. The van der Waals surface area contributed by atoms with E-state index < -0.39 is 0 Å². The van der Waals surface area contributed by atoms with Crippen LogP contribution in [0.2, 0.25) is 0 Å². The van der Waals surface area contributed by atoms with E-state index in [-0.39, 0.29) is 0 Å². The zero-order valence-corrected chi connectivity index (χ0v) is 6.32. The molecule has 0 aliphatic carbocycles. The first-order chi connectivity index (χ1) is 4.88. The van der Waals surface area contributed by atoms with E-state index >= 15 is 0 Å². The maximum atomic E-state index is 3.92. The highest BCUT2D eigenvalue weighted by molar-refractivity contribution is 7.17. The van der Waals surface area contributed by atoms with Crippen molar-refractivity contribution < 1.29 is 0 Å². The van der Waals surface area contributed by atoms with E-state index in [0.717, 1.165) is 5.56 Å². The van der Waals surface area contributed by atoms with E-state index in [1.807, 2.05) is 6.07 Å². The smallest absolute Gasteiger partial charge is 0.0345 e. The Morgan fingerprint density at radius 3 is 2.80 bits per heavy atom. The molecule has 0 spiro atoms. The van der Waals surface area contributed by atoms with Crippen molar-refractivity contribution in [3.63, 3.8) is 0 Å². The van der Waals surface area contributed by atoms with Gasteiger partial charge in [0.05, 0.1) is 0 Å². The van der Waals surface area contributed by atoms with E-state index in [0.29, 0.717) is 0 Å². The molecule has 0 aliphatic rings. The summed E-state index contributed by atoms with van der Waals surface area (Å²) in [6.07, 6.45) is 0. The Morgan fingerprint density at radius 2 is 2.00 bits per heavy atom. The van der Waals surface area contributed by atoms with E-state index in [9.17, 15) is 0 Å². The van der Waals surface area contributed by atoms with Gasteiger partial charge in [-0.25, -0.2) is 0 Å². The maximum Gasteiger partial charge on any atom is 0.0345 e. The molecular weight excluding hydrogens is 140 g/mol. The lowest BCUT2D eigenvalue weighted by atomic mass is 10.2. The molecule has 0 N–H and O–H groups in total. The Morgan fingerprint density at radius 1 is 1.20 bits per heavy atom. The van der Waals surface area contributed by atoms with Crippen LogP contribution < -0.4 is 0 Å².